The minimum absolute atomic E-state index is 0.183. The number of rotatable bonds is 4. The summed E-state index contributed by atoms with van der Waals surface area (Å²) in [5.41, 5.74) is 1.17. The molecule has 18 heavy (non-hydrogen) atoms. The highest BCUT2D eigenvalue weighted by Gasteiger charge is 2.16. The normalized spacial score (nSPS) is 12.4. The second kappa shape index (κ2) is 5.82. The van der Waals surface area contributed by atoms with Crippen molar-refractivity contribution < 1.29 is 0 Å². The molecule has 2 heterocycles. The number of hydrogen-bond donors (Lipinski definition) is 1. The molecule has 0 aliphatic heterocycles. The monoisotopic (exact) mass is 325 g/mol. The van der Waals surface area contributed by atoms with E-state index >= 15 is 0 Å². The fourth-order valence-electron chi connectivity index (χ4n) is 1.79. The average molecular weight is 326 g/mol. The number of nitrogens with one attached hydrogen (secondary N) is 1. The number of nitrogens with zero attached hydrogens (tertiary/aromatic N) is 2. The molecule has 2 rings (SSSR count). The van der Waals surface area contributed by atoms with Crippen LogP contribution in [0.3, 0.4) is 0 Å². The number of hydrogen-bond acceptors (Lipinski definition) is 4. The van der Waals surface area contributed by atoms with Gasteiger partial charge in [-0.1, -0.05) is 6.07 Å². The van der Waals surface area contributed by atoms with Gasteiger partial charge < -0.3 is 10.2 Å². The molecule has 5 heteroatoms. The van der Waals surface area contributed by atoms with Gasteiger partial charge in [0.15, 0.2) is 0 Å². The third-order valence-electron chi connectivity index (χ3n) is 2.76. The second-order valence-electron chi connectivity index (χ2n) is 4.20. The van der Waals surface area contributed by atoms with Crippen LogP contribution < -0.4 is 10.2 Å². The predicted octanol–water partition coefficient (Wildman–Crippen LogP) is 3.28. The van der Waals surface area contributed by atoms with Gasteiger partial charge in [0.1, 0.15) is 5.82 Å². The molecule has 2 aromatic rings. The molecule has 0 radical (unpaired) electrons. The number of halogens is 1. The average Bonchev–Trinajstić information content (AvgIpc) is 2.78. The molecule has 0 saturated carbocycles. The number of anilines is 1. The van der Waals surface area contributed by atoms with Crippen LogP contribution >= 0.6 is 27.3 Å². The van der Waals surface area contributed by atoms with Gasteiger partial charge in [0.05, 0.1) is 6.04 Å². The van der Waals surface area contributed by atoms with Crippen molar-refractivity contribution in [2.45, 2.75) is 6.04 Å². The Morgan fingerprint density at radius 2 is 2.11 bits per heavy atom. The van der Waals surface area contributed by atoms with Crippen LogP contribution in [0.4, 0.5) is 5.82 Å². The zero-order valence-electron chi connectivity index (χ0n) is 10.6. The van der Waals surface area contributed by atoms with Gasteiger partial charge in [-0.3, -0.25) is 0 Å². The first-order chi connectivity index (χ1) is 8.63. The molecule has 0 aliphatic carbocycles. The number of thiophene rings is 1. The quantitative estimate of drug-likeness (QED) is 0.935. The summed E-state index contributed by atoms with van der Waals surface area (Å²) in [6, 6.07) is 6.42. The molecule has 96 valence electrons. The van der Waals surface area contributed by atoms with Crippen molar-refractivity contribution in [3.8, 4) is 0 Å². The Morgan fingerprint density at radius 1 is 1.33 bits per heavy atom. The largest absolute Gasteiger partial charge is 0.363 e. The van der Waals surface area contributed by atoms with Crippen LogP contribution in [-0.2, 0) is 0 Å². The van der Waals surface area contributed by atoms with Gasteiger partial charge in [-0.25, -0.2) is 4.98 Å². The SMILES string of the molecule is CNC(c1ccc(N(C)C)nc1)c1sccc1Br. The van der Waals surface area contributed by atoms with Crippen molar-refractivity contribution >= 4 is 33.1 Å². The smallest absolute Gasteiger partial charge is 0.127 e. The molecule has 0 bridgehead atoms. The topological polar surface area (TPSA) is 28.2 Å². The van der Waals surface area contributed by atoms with E-state index in [2.05, 4.69) is 43.7 Å². The fourth-order valence-corrected chi connectivity index (χ4v) is 3.53. The minimum Gasteiger partial charge on any atom is -0.363 e. The molecular formula is C13H16BrN3S. The standard InChI is InChI=1S/C13H16BrN3S/c1-15-12(13-10(14)6-7-18-13)9-4-5-11(16-8-9)17(2)3/h4-8,12,15H,1-3H3. The zero-order chi connectivity index (χ0) is 13.1. The van der Waals surface area contributed by atoms with E-state index in [1.54, 1.807) is 11.3 Å². The van der Waals surface area contributed by atoms with Gasteiger partial charge in [-0.2, -0.15) is 0 Å². The molecular weight excluding hydrogens is 310 g/mol. The molecule has 0 saturated heterocycles. The fraction of sp³-hybridized carbons (Fsp3) is 0.308. The summed E-state index contributed by atoms with van der Waals surface area (Å²) >= 11 is 5.32. The molecule has 0 spiro atoms. The van der Waals surface area contributed by atoms with Crippen LogP contribution in [0.2, 0.25) is 0 Å². The van der Waals surface area contributed by atoms with E-state index in [4.69, 9.17) is 0 Å². The lowest BCUT2D eigenvalue weighted by atomic mass is 10.1. The molecule has 2 aromatic heterocycles. The Bertz CT molecular complexity index is 507. The van der Waals surface area contributed by atoms with Crippen LogP contribution in [0.15, 0.2) is 34.2 Å². The second-order valence-corrected chi connectivity index (χ2v) is 6.00. The van der Waals surface area contributed by atoms with Crippen molar-refractivity contribution in [2.24, 2.45) is 0 Å². The lowest BCUT2D eigenvalue weighted by Crippen LogP contribution is -2.18. The summed E-state index contributed by atoms with van der Waals surface area (Å²) in [6.45, 7) is 0. The molecule has 1 unspecified atom stereocenters. The summed E-state index contributed by atoms with van der Waals surface area (Å²) in [7, 11) is 5.96. The van der Waals surface area contributed by atoms with E-state index in [0.717, 1.165) is 10.3 Å². The van der Waals surface area contributed by atoms with Crippen molar-refractivity contribution in [3.63, 3.8) is 0 Å². The Morgan fingerprint density at radius 3 is 2.56 bits per heavy atom. The van der Waals surface area contributed by atoms with E-state index in [1.807, 2.05) is 38.3 Å². The van der Waals surface area contributed by atoms with Crippen LogP contribution in [-0.4, -0.2) is 26.1 Å². The van der Waals surface area contributed by atoms with Gasteiger partial charge in [-0.05, 0) is 46.1 Å². The number of pyridine rings is 1. The van der Waals surface area contributed by atoms with Crippen molar-refractivity contribution in [1.29, 1.82) is 0 Å². The first-order valence-electron chi connectivity index (χ1n) is 5.67. The Kier molecular flexibility index (Phi) is 4.37. The van der Waals surface area contributed by atoms with E-state index in [9.17, 15) is 0 Å². The summed E-state index contributed by atoms with van der Waals surface area (Å²) < 4.78 is 1.14. The highest BCUT2D eigenvalue weighted by Crippen LogP contribution is 2.32. The van der Waals surface area contributed by atoms with Crippen LogP contribution in [0.25, 0.3) is 0 Å². The first-order valence-corrected chi connectivity index (χ1v) is 7.34. The molecule has 0 aromatic carbocycles. The summed E-state index contributed by atoms with van der Waals surface area (Å²) in [4.78, 5) is 7.74. The maximum absolute atomic E-state index is 4.46. The van der Waals surface area contributed by atoms with E-state index in [-0.39, 0.29) is 6.04 Å². The van der Waals surface area contributed by atoms with Crippen LogP contribution in [0.1, 0.15) is 16.5 Å². The van der Waals surface area contributed by atoms with E-state index < -0.39 is 0 Å². The van der Waals surface area contributed by atoms with Gasteiger partial charge >= 0.3 is 0 Å². The highest BCUT2D eigenvalue weighted by molar-refractivity contribution is 9.10. The molecule has 1 atom stereocenters. The third-order valence-corrected chi connectivity index (χ3v) is 4.69. The third kappa shape index (κ3) is 2.74. The lowest BCUT2D eigenvalue weighted by molar-refractivity contribution is 0.698. The Balaban J connectivity index is 2.31. The maximum atomic E-state index is 4.46. The molecule has 0 amide bonds. The first kappa shape index (κ1) is 13.5. The summed E-state index contributed by atoms with van der Waals surface area (Å²) in [6.07, 6.45) is 1.93. The Hall–Kier alpha value is -0.910. The summed E-state index contributed by atoms with van der Waals surface area (Å²) in [5, 5.41) is 5.43. The zero-order valence-corrected chi connectivity index (χ0v) is 13.0. The molecule has 1 N–H and O–H groups in total. The van der Waals surface area contributed by atoms with Gasteiger partial charge in [-0.15, -0.1) is 11.3 Å². The maximum Gasteiger partial charge on any atom is 0.127 e. The van der Waals surface area contributed by atoms with E-state index in [0.29, 0.717) is 0 Å². The van der Waals surface area contributed by atoms with Crippen molar-refractivity contribution in [2.75, 3.05) is 26.0 Å². The van der Waals surface area contributed by atoms with Gasteiger partial charge in [0, 0.05) is 29.6 Å². The highest BCUT2D eigenvalue weighted by atomic mass is 79.9. The van der Waals surface area contributed by atoms with Crippen LogP contribution in [0.5, 0.6) is 0 Å². The Labute approximate surface area is 120 Å². The molecule has 0 fully saturated rings. The van der Waals surface area contributed by atoms with Gasteiger partial charge in [0.25, 0.3) is 0 Å². The molecule has 0 aliphatic rings. The van der Waals surface area contributed by atoms with Crippen molar-refractivity contribution in [3.05, 3.63) is 44.7 Å². The van der Waals surface area contributed by atoms with E-state index in [1.165, 1.54) is 10.4 Å². The molecule has 3 nitrogen and oxygen atoms in total. The minimum atomic E-state index is 0.183. The van der Waals surface area contributed by atoms with Crippen LogP contribution in [0, 0.1) is 0 Å². The van der Waals surface area contributed by atoms with Crippen molar-refractivity contribution in [1.82, 2.24) is 10.3 Å². The summed E-state index contributed by atoms with van der Waals surface area (Å²) in [5.74, 6) is 0.971. The lowest BCUT2D eigenvalue weighted by Gasteiger charge is -2.17. The predicted molar refractivity (Wildman–Crippen MR) is 81.5 cm³/mol. The number of aromatic nitrogens is 1. The van der Waals surface area contributed by atoms with Gasteiger partial charge in [0.2, 0.25) is 0 Å².